The van der Waals surface area contributed by atoms with Crippen molar-refractivity contribution in [2.45, 2.75) is 37.5 Å². The predicted octanol–water partition coefficient (Wildman–Crippen LogP) is 5.56. The highest BCUT2D eigenvalue weighted by Crippen LogP contribution is 2.27. The Morgan fingerprint density at radius 3 is 1.90 bits per heavy atom. The van der Waals surface area contributed by atoms with Crippen LogP contribution in [0.4, 0.5) is 17.1 Å². The van der Waals surface area contributed by atoms with Gasteiger partial charge < -0.3 is 5.32 Å². The van der Waals surface area contributed by atoms with Crippen molar-refractivity contribution in [2.24, 2.45) is 0 Å². The van der Waals surface area contributed by atoms with Crippen molar-refractivity contribution in [1.29, 1.82) is 0 Å². The number of sulfonamides is 2. The first-order valence-electron chi connectivity index (χ1n) is 12.5. The minimum absolute atomic E-state index is 0.0206. The molecule has 0 bridgehead atoms. The molecule has 0 unspecified atom stereocenters. The molecule has 4 aromatic carbocycles. The summed E-state index contributed by atoms with van der Waals surface area (Å²) in [5.74, 6) is -0.581. The van der Waals surface area contributed by atoms with E-state index in [9.17, 15) is 21.6 Å². The minimum Gasteiger partial charge on any atom is -0.325 e. The molecule has 0 aromatic heterocycles. The van der Waals surface area contributed by atoms with E-state index in [-0.39, 0.29) is 9.79 Å². The SMILES string of the molecule is Cc1ccc(S(=O)(=O)N(CC(=O)Nc2ccc(S(=O)(=O)Nc3ccc(C)c(C)c3)cc2)c2ccccc2C)cc1. The number of carbonyl (C=O) groups is 1. The standard InChI is InChI=1S/C30H31N3O5S2/c1-21-9-15-28(16-10-21)40(37,38)33(29-8-6-5-7-23(29)3)20-30(34)31-25-13-17-27(18-14-25)39(35,36)32-26-12-11-22(2)24(4)19-26/h5-19,32H,20H2,1-4H3,(H,31,34). The van der Waals surface area contributed by atoms with Crippen molar-refractivity contribution in [1.82, 2.24) is 0 Å². The number of rotatable bonds is 9. The normalized spacial score (nSPS) is 11.6. The Morgan fingerprint density at radius 2 is 1.27 bits per heavy atom. The predicted molar refractivity (Wildman–Crippen MR) is 159 cm³/mol. The number of hydrogen-bond donors (Lipinski definition) is 2. The fourth-order valence-electron chi connectivity index (χ4n) is 4.05. The molecule has 0 aliphatic heterocycles. The lowest BCUT2D eigenvalue weighted by Crippen LogP contribution is -2.38. The van der Waals surface area contributed by atoms with Gasteiger partial charge in [0.05, 0.1) is 15.5 Å². The second-order valence-corrected chi connectivity index (χ2v) is 13.1. The topological polar surface area (TPSA) is 113 Å². The monoisotopic (exact) mass is 577 g/mol. The van der Waals surface area contributed by atoms with Gasteiger partial charge in [-0.3, -0.25) is 13.8 Å². The van der Waals surface area contributed by atoms with Crippen LogP contribution in [0.3, 0.4) is 0 Å². The van der Waals surface area contributed by atoms with Crippen LogP contribution in [0, 0.1) is 27.7 Å². The van der Waals surface area contributed by atoms with Gasteiger partial charge in [0.2, 0.25) is 5.91 Å². The molecule has 0 radical (unpaired) electrons. The molecule has 0 heterocycles. The van der Waals surface area contributed by atoms with Gasteiger partial charge in [-0.05, 0) is 99.0 Å². The van der Waals surface area contributed by atoms with Gasteiger partial charge in [0.25, 0.3) is 20.0 Å². The van der Waals surface area contributed by atoms with E-state index in [0.717, 1.165) is 21.0 Å². The van der Waals surface area contributed by atoms with Crippen molar-refractivity contribution >= 4 is 43.0 Å². The molecule has 2 N–H and O–H groups in total. The number of carbonyl (C=O) groups excluding carboxylic acids is 1. The molecule has 40 heavy (non-hydrogen) atoms. The summed E-state index contributed by atoms with van der Waals surface area (Å²) < 4.78 is 56.6. The molecule has 8 nitrogen and oxygen atoms in total. The summed E-state index contributed by atoms with van der Waals surface area (Å²) in [7, 11) is -7.91. The van der Waals surface area contributed by atoms with Gasteiger partial charge in [-0.2, -0.15) is 0 Å². The molecule has 0 aliphatic carbocycles. The molecule has 0 aliphatic rings. The molecule has 4 aromatic rings. The van der Waals surface area contributed by atoms with Crippen molar-refractivity contribution in [3.05, 3.63) is 113 Å². The van der Waals surface area contributed by atoms with Crippen LogP contribution in [0.5, 0.6) is 0 Å². The summed E-state index contributed by atoms with van der Waals surface area (Å²) >= 11 is 0. The summed E-state index contributed by atoms with van der Waals surface area (Å²) in [5, 5.41) is 2.68. The van der Waals surface area contributed by atoms with Gasteiger partial charge in [0.15, 0.2) is 0 Å². The molecule has 208 valence electrons. The number of para-hydroxylation sites is 1. The van der Waals surface area contributed by atoms with E-state index in [2.05, 4.69) is 10.0 Å². The van der Waals surface area contributed by atoms with Crippen molar-refractivity contribution in [3.8, 4) is 0 Å². The average molecular weight is 578 g/mol. The summed E-state index contributed by atoms with van der Waals surface area (Å²) in [5.41, 5.74) is 4.78. The van der Waals surface area contributed by atoms with Gasteiger partial charge in [0.1, 0.15) is 6.54 Å². The maximum absolute atomic E-state index is 13.6. The Balaban J connectivity index is 1.53. The third-order valence-electron chi connectivity index (χ3n) is 6.49. The fraction of sp³-hybridized carbons (Fsp3) is 0.167. The van der Waals surface area contributed by atoms with Crippen LogP contribution in [0.25, 0.3) is 0 Å². The van der Waals surface area contributed by atoms with E-state index in [1.807, 2.05) is 26.8 Å². The van der Waals surface area contributed by atoms with Crippen molar-refractivity contribution < 1.29 is 21.6 Å². The van der Waals surface area contributed by atoms with E-state index in [1.54, 1.807) is 55.5 Å². The maximum atomic E-state index is 13.6. The Labute approximate surface area is 235 Å². The van der Waals surface area contributed by atoms with Gasteiger partial charge >= 0.3 is 0 Å². The molecule has 0 atom stereocenters. The molecule has 0 fully saturated rings. The summed E-state index contributed by atoms with van der Waals surface area (Å²) in [6, 6.07) is 24.3. The lowest BCUT2D eigenvalue weighted by atomic mass is 10.1. The van der Waals surface area contributed by atoms with E-state index in [1.165, 1.54) is 36.4 Å². The molecular weight excluding hydrogens is 546 g/mol. The number of nitrogens with zero attached hydrogens (tertiary/aromatic N) is 1. The minimum atomic E-state index is -4.06. The molecule has 0 saturated heterocycles. The number of amides is 1. The van der Waals surface area contributed by atoms with E-state index in [0.29, 0.717) is 22.6 Å². The number of anilines is 3. The highest BCUT2D eigenvalue weighted by atomic mass is 32.2. The number of aryl methyl sites for hydroxylation is 4. The summed E-state index contributed by atoms with van der Waals surface area (Å²) in [4.78, 5) is 13.2. The van der Waals surface area contributed by atoms with Crippen LogP contribution < -0.4 is 14.3 Å². The number of benzene rings is 4. The third-order valence-corrected chi connectivity index (χ3v) is 9.66. The smallest absolute Gasteiger partial charge is 0.264 e. The summed E-state index contributed by atoms with van der Waals surface area (Å²) in [6.45, 7) is 7.00. The van der Waals surface area contributed by atoms with Crippen LogP contribution >= 0.6 is 0 Å². The lowest BCUT2D eigenvalue weighted by molar-refractivity contribution is -0.114. The van der Waals surface area contributed by atoms with Crippen LogP contribution in [0.1, 0.15) is 22.3 Å². The Hall–Kier alpha value is -4.15. The first kappa shape index (κ1) is 28.8. The molecular formula is C30H31N3O5S2. The lowest BCUT2D eigenvalue weighted by Gasteiger charge is -2.25. The highest BCUT2D eigenvalue weighted by molar-refractivity contribution is 7.93. The first-order valence-corrected chi connectivity index (χ1v) is 15.4. The quantitative estimate of drug-likeness (QED) is 0.271. The van der Waals surface area contributed by atoms with E-state index < -0.39 is 32.5 Å². The Morgan fingerprint density at radius 1 is 0.675 bits per heavy atom. The van der Waals surface area contributed by atoms with Gasteiger partial charge in [-0.25, -0.2) is 16.8 Å². The van der Waals surface area contributed by atoms with Gasteiger partial charge in [-0.1, -0.05) is 42.0 Å². The van der Waals surface area contributed by atoms with Crippen molar-refractivity contribution in [2.75, 3.05) is 20.9 Å². The number of hydrogen-bond acceptors (Lipinski definition) is 5. The first-order chi connectivity index (χ1) is 18.9. The second kappa shape index (κ2) is 11.5. The molecule has 0 spiro atoms. The Bertz CT molecular complexity index is 1750. The molecule has 10 heteroatoms. The highest BCUT2D eigenvalue weighted by Gasteiger charge is 2.28. The molecule has 0 saturated carbocycles. The number of nitrogens with one attached hydrogen (secondary N) is 2. The summed E-state index contributed by atoms with van der Waals surface area (Å²) in [6.07, 6.45) is 0. The van der Waals surface area contributed by atoms with Crippen LogP contribution in [-0.2, 0) is 24.8 Å². The van der Waals surface area contributed by atoms with Crippen LogP contribution in [0.15, 0.2) is 101 Å². The zero-order chi connectivity index (χ0) is 29.1. The zero-order valence-corrected chi connectivity index (χ0v) is 24.3. The fourth-order valence-corrected chi connectivity index (χ4v) is 6.58. The van der Waals surface area contributed by atoms with Crippen molar-refractivity contribution in [3.63, 3.8) is 0 Å². The third kappa shape index (κ3) is 6.52. The van der Waals surface area contributed by atoms with Gasteiger partial charge in [0, 0.05) is 11.4 Å². The largest absolute Gasteiger partial charge is 0.325 e. The van der Waals surface area contributed by atoms with Gasteiger partial charge in [-0.15, -0.1) is 0 Å². The second-order valence-electron chi connectivity index (χ2n) is 9.59. The zero-order valence-electron chi connectivity index (χ0n) is 22.7. The van der Waals surface area contributed by atoms with E-state index >= 15 is 0 Å². The van der Waals surface area contributed by atoms with Crippen LogP contribution in [0.2, 0.25) is 0 Å². The molecule has 1 amide bonds. The Kier molecular flexibility index (Phi) is 8.32. The maximum Gasteiger partial charge on any atom is 0.264 e. The molecule has 4 rings (SSSR count). The van der Waals surface area contributed by atoms with E-state index in [4.69, 9.17) is 0 Å². The van der Waals surface area contributed by atoms with Crippen LogP contribution in [-0.4, -0.2) is 29.3 Å². The average Bonchev–Trinajstić information content (AvgIpc) is 2.90.